The number of ketones is 1. The molecule has 0 radical (unpaired) electrons. The van der Waals surface area contributed by atoms with Crippen molar-refractivity contribution in [3.05, 3.63) is 0 Å². The molecule has 5 heteroatoms. The van der Waals surface area contributed by atoms with Gasteiger partial charge in [-0.25, -0.2) is 0 Å². The van der Waals surface area contributed by atoms with Crippen LogP contribution in [0.1, 0.15) is 44.9 Å². The molecule has 0 aromatic heterocycles. The summed E-state index contributed by atoms with van der Waals surface area (Å²) in [5, 5.41) is 19.9. The van der Waals surface area contributed by atoms with Gasteiger partial charge in [-0.2, -0.15) is 0 Å². The van der Waals surface area contributed by atoms with Gasteiger partial charge in [-0.05, 0) is 38.0 Å². The molecule has 3 fully saturated rings. The number of aliphatic hydroxyl groups is 2. The maximum Gasteiger partial charge on any atom is 0.141 e. The predicted octanol–water partition coefficient (Wildman–Crippen LogP) is 1.05. The average Bonchev–Trinajstić information content (AvgIpc) is 2.46. The lowest BCUT2D eigenvalue weighted by atomic mass is 9.74. The number of methoxy groups -OCH3 is 1. The van der Waals surface area contributed by atoms with Crippen LogP contribution < -0.4 is 0 Å². The summed E-state index contributed by atoms with van der Waals surface area (Å²) < 4.78 is 11.4. The van der Waals surface area contributed by atoms with Crippen LogP contribution in [0, 0.1) is 11.8 Å². The van der Waals surface area contributed by atoms with Crippen LogP contribution in [0.2, 0.25) is 0 Å². The van der Waals surface area contributed by atoms with Crippen molar-refractivity contribution in [3.8, 4) is 0 Å². The second-order valence-corrected chi connectivity index (χ2v) is 6.87. The Kier molecular flexibility index (Phi) is 4.64. The minimum absolute atomic E-state index is 0.0233. The fourth-order valence-electron chi connectivity index (χ4n) is 4.29. The molecule has 0 amide bonds. The van der Waals surface area contributed by atoms with Crippen LogP contribution in [0.25, 0.3) is 0 Å². The largest absolute Gasteiger partial charge is 0.393 e. The van der Waals surface area contributed by atoms with Gasteiger partial charge in [0.05, 0.1) is 30.5 Å². The highest BCUT2D eigenvalue weighted by Crippen LogP contribution is 2.39. The number of carbonyl (C=O) groups excluding carboxylic acids is 1. The number of fused-ring (bicyclic) bond motifs is 1. The summed E-state index contributed by atoms with van der Waals surface area (Å²) in [5.74, 6) is 0.478. The van der Waals surface area contributed by atoms with Crippen molar-refractivity contribution in [2.45, 2.75) is 75.5 Å². The molecule has 2 aliphatic carbocycles. The molecule has 2 saturated carbocycles. The Morgan fingerprint density at radius 2 is 1.90 bits per heavy atom. The zero-order valence-electron chi connectivity index (χ0n) is 12.6. The quantitative estimate of drug-likeness (QED) is 0.797. The van der Waals surface area contributed by atoms with Crippen LogP contribution in [0.15, 0.2) is 0 Å². The normalized spacial score (nSPS) is 48.0. The minimum atomic E-state index is -0.470. The van der Waals surface area contributed by atoms with Gasteiger partial charge in [0, 0.05) is 25.9 Å². The molecule has 0 aromatic carbocycles. The summed E-state index contributed by atoms with van der Waals surface area (Å²) in [6, 6.07) is 0. The number of hydrogen-bond acceptors (Lipinski definition) is 5. The number of rotatable bonds is 2. The molecule has 7 unspecified atom stereocenters. The maximum atomic E-state index is 12.3. The maximum absolute atomic E-state index is 12.3. The number of carbonyl (C=O) groups is 1. The summed E-state index contributed by atoms with van der Waals surface area (Å²) in [6.45, 7) is 0. The minimum Gasteiger partial charge on any atom is -0.393 e. The van der Waals surface area contributed by atoms with Crippen molar-refractivity contribution in [2.75, 3.05) is 7.11 Å². The van der Waals surface area contributed by atoms with Crippen LogP contribution in [-0.4, -0.2) is 53.6 Å². The first-order valence-electron chi connectivity index (χ1n) is 8.15. The summed E-state index contributed by atoms with van der Waals surface area (Å²) in [6.07, 6.45) is 3.73. The first kappa shape index (κ1) is 15.4. The third kappa shape index (κ3) is 3.16. The molecule has 0 spiro atoms. The van der Waals surface area contributed by atoms with Gasteiger partial charge < -0.3 is 19.7 Å². The van der Waals surface area contributed by atoms with Gasteiger partial charge in [0.2, 0.25) is 0 Å². The van der Waals surface area contributed by atoms with Crippen LogP contribution in [0.5, 0.6) is 0 Å². The number of ether oxygens (including phenoxy) is 2. The topological polar surface area (TPSA) is 76.0 Å². The lowest BCUT2D eigenvalue weighted by molar-refractivity contribution is -0.169. The molecule has 21 heavy (non-hydrogen) atoms. The number of aliphatic hydroxyl groups excluding tert-OH is 2. The van der Waals surface area contributed by atoms with Crippen molar-refractivity contribution >= 4 is 5.78 Å². The molecular weight excluding hydrogens is 272 g/mol. The Morgan fingerprint density at radius 1 is 1.10 bits per heavy atom. The Balaban J connectivity index is 1.63. The van der Waals surface area contributed by atoms with Crippen LogP contribution in [-0.2, 0) is 14.3 Å². The summed E-state index contributed by atoms with van der Waals surface area (Å²) in [5.41, 5.74) is 0. The Morgan fingerprint density at radius 3 is 2.62 bits per heavy atom. The summed E-state index contributed by atoms with van der Waals surface area (Å²) >= 11 is 0. The van der Waals surface area contributed by atoms with E-state index in [0.29, 0.717) is 25.7 Å². The molecule has 2 N–H and O–H groups in total. The van der Waals surface area contributed by atoms with E-state index in [9.17, 15) is 15.0 Å². The highest BCUT2D eigenvalue weighted by molar-refractivity contribution is 5.82. The molecular formula is C16H26O5. The third-order valence-electron chi connectivity index (χ3n) is 5.55. The Labute approximate surface area is 125 Å². The highest BCUT2D eigenvalue weighted by Gasteiger charge is 2.44. The lowest BCUT2D eigenvalue weighted by Crippen LogP contribution is -2.50. The highest BCUT2D eigenvalue weighted by atomic mass is 16.5. The molecule has 0 bridgehead atoms. The molecule has 3 rings (SSSR count). The van der Waals surface area contributed by atoms with E-state index in [0.717, 1.165) is 19.3 Å². The van der Waals surface area contributed by atoms with Crippen molar-refractivity contribution in [1.82, 2.24) is 0 Å². The standard InChI is InChI=1S/C16H26O5/c1-20-14-5-2-9(6-13(14)19)15-8-12(18)11-4-3-10(17)7-16(11)21-15/h9-11,13-17,19H,2-8H2,1H3. The first-order valence-corrected chi connectivity index (χ1v) is 8.15. The van der Waals surface area contributed by atoms with E-state index in [1.165, 1.54) is 0 Å². The Hall–Kier alpha value is -0.490. The van der Waals surface area contributed by atoms with Crippen LogP contribution >= 0.6 is 0 Å². The van der Waals surface area contributed by atoms with E-state index in [-0.39, 0.29) is 42.0 Å². The molecule has 120 valence electrons. The first-order chi connectivity index (χ1) is 10.1. The molecule has 1 saturated heterocycles. The van der Waals surface area contributed by atoms with Gasteiger partial charge in [0.15, 0.2) is 0 Å². The number of hydrogen-bond donors (Lipinski definition) is 2. The van der Waals surface area contributed by atoms with E-state index < -0.39 is 6.10 Å². The van der Waals surface area contributed by atoms with Crippen molar-refractivity contribution in [3.63, 3.8) is 0 Å². The fourth-order valence-corrected chi connectivity index (χ4v) is 4.29. The second kappa shape index (κ2) is 6.32. The van der Waals surface area contributed by atoms with E-state index in [4.69, 9.17) is 9.47 Å². The zero-order valence-corrected chi connectivity index (χ0v) is 12.6. The monoisotopic (exact) mass is 298 g/mol. The van der Waals surface area contributed by atoms with Crippen molar-refractivity contribution in [1.29, 1.82) is 0 Å². The van der Waals surface area contributed by atoms with E-state index in [1.807, 2.05) is 0 Å². The van der Waals surface area contributed by atoms with Crippen LogP contribution in [0.4, 0.5) is 0 Å². The summed E-state index contributed by atoms with van der Waals surface area (Å²) in [7, 11) is 1.63. The van der Waals surface area contributed by atoms with E-state index in [1.54, 1.807) is 7.11 Å². The van der Waals surface area contributed by atoms with Gasteiger partial charge in [0.25, 0.3) is 0 Å². The van der Waals surface area contributed by atoms with Crippen LogP contribution in [0.3, 0.4) is 0 Å². The molecule has 1 heterocycles. The van der Waals surface area contributed by atoms with Crippen molar-refractivity contribution in [2.24, 2.45) is 11.8 Å². The smallest absolute Gasteiger partial charge is 0.141 e. The van der Waals surface area contributed by atoms with Gasteiger partial charge in [-0.3, -0.25) is 4.79 Å². The lowest BCUT2D eigenvalue weighted by Gasteiger charge is -2.44. The molecule has 0 aromatic rings. The fraction of sp³-hybridized carbons (Fsp3) is 0.938. The molecule has 7 atom stereocenters. The second-order valence-electron chi connectivity index (χ2n) is 6.87. The predicted molar refractivity (Wildman–Crippen MR) is 75.8 cm³/mol. The zero-order chi connectivity index (χ0) is 15.0. The van der Waals surface area contributed by atoms with Gasteiger partial charge in [-0.15, -0.1) is 0 Å². The van der Waals surface area contributed by atoms with E-state index >= 15 is 0 Å². The van der Waals surface area contributed by atoms with E-state index in [2.05, 4.69) is 0 Å². The molecule has 5 nitrogen and oxygen atoms in total. The Bertz CT molecular complexity index is 385. The molecule has 3 aliphatic rings. The average molecular weight is 298 g/mol. The van der Waals surface area contributed by atoms with Gasteiger partial charge in [-0.1, -0.05) is 0 Å². The summed E-state index contributed by atoms with van der Waals surface area (Å²) in [4.78, 5) is 12.3. The molecule has 1 aliphatic heterocycles. The SMILES string of the molecule is COC1CCC(C2CC(=O)C3CCC(O)CC3O2)CC1O. The van der Waals surface area contributed by atoms with Gasteiger partial charge in [0.1, 0.15) is 5.78 Å². The van der Waals surface area contributed by atoms with Crippen molar-refractivity contribution < 1.29 is 24.5 Å². The third-order valence-corrected chi connectivity index (χ3v) is 5.55. The number of Topliss-reactive ketones (excluding diaryl/α,β-unsaturated/α-hetero) is 1. The van der Waals surface area contributed by atoms with Gasteiger partial charge >= 0.3 is 0 Å².